The van der Waals surface area contributed by atoms with Crippen molar-refractivity contribution in [3.8, 4) is 11.1 Å². The van der Waals surface area contributed by atoms with E-state index in [-0.39, 0.29) is 0 Å². The lowest BCUT2D eigenvalue weighted by Crippen LogP contribution is -2.28. The zero-order chi connectivity index (χ0) is 18.1. The van der Waals surface area contributed by atoms with Gasteiger partial charge in [0.25, 0.3) is 0 Å². The van der Waals surface area contributed by atoms with Gasteiger partial charge in [0.2, 0.25) is 10.0 Å². The summed E-state index contributed by atoms with van der Waals surface area (Å²) in [6.45, 7) is 5.96. The van der Waals surface area contributed by atoms with Crippen molar-refractivity contribution in [3.63, 3.8) is 0 Å². The van der Waals surface area contributed by atoms with Crippen molar-refractivity contribution in [2.45, 2.75) is 37.1 Å². The van der Waals surface area contributed by atoms with E-state index >= 15 is 0 Å². The van der Waals surface area contributed by atoms with Crippen LogP contribution in [0.5, 0.6) is 0 Å². The summed E-state index contributed by atoms with van der Waals surface area (Å²) in [4.78, 5) is 2.96. The lowest BCUT2D eigenvalue weighted by Gasteiger charge is -2.20. The molecule has 4 rings (SSSR count). The highest BCUT2D eigenvalue weighted by molar-refractivity contribution is 7.89. The lowest BCUT2D eigenvalue weighted by atomic mass is 10.0. The fourth-order valence-corrected chi connectivity index (χ4v) is 5.05. The van der Waals surface area contributed by atoms with E-state index in [0.29, 0.717) is 18.0 Å². The van der Waals surface area contributed by atoms with Crippen molar-refractivity contribution in [3.05, 3.63) is 54.1 Å². The molecule has 0 saturated carbocycles. The lowest BCUT2D eigenvalue weighted by molar-refractivity contribution is 0.272. The summed E-state index contributed by atoms with van der Waals surface area (Å²) in [6, 6.07) is 16.6. The third kappa shape index (κ3) is 3.70. The van der Waals surface area contributed by atoms with E-state index < -0.39 is 10.0 Å². The van der Waals surface area contributed by atoms with Gasteiger partial charge in [0.15, 0.2) is 0 Å². The molecular weight excluding hydrogens is 344 g/mol. The molecule has 0 aromatic heterocycles. The quantitative estimate of drug-likeness (QED) is 0.732. The second kappa shape index (κ2) is 7.14. The molecule has 0 bridgehead atoms. The van der Waals surface area contributed by atoms with Crippen molar-refractivity contribution < 1.29 is 8.42 Å². The Hall–Kier alpha value is -1.69. The van der Waals surface area contributed by atoms with Gasteiger partial charge in [0.1, 0.15) is 0 Å². The van der Waals surface area contributed by atoms with E-state index in [2.05, 4.69) is 36.1 Å². The summed E-state index contributed by atoms with van der Waals surface area (Å²) in [5, 5.41) is 0. The third-order valence-corrected chi connectivity index (χ3v) is 7.48. The van der Waals surface area contributed by atoms with Crippen molar-refractivity contribution in [1.82, 2.24) is 9.21 Å². The van der Waals surface area contributed by atoms with Crippen LogP contribution in [0.1, 0.15) is 25.3 Å². The summed E-state index contributed by atoms with van der Waals surface area (Å²) >= 11 is 0. The minimum Gasteiger partial charge on any atom is -0.300 e. The Bertz CT molecular complexity index is 856. The zero-order valence-electron chi connectivity index (χ0n) is 15.3. The van der Waals surface area contributed by atoms with Crippen LogP contribution in [0.2, 0.25) is 0 Å². The predicted molar refractivity (Wildman–Crippen MR) is 105 cm³/mol. The van der Waals surface area contributed by atoms with Crippen molar-refractivity contribution in [2.24, 2.45) is 0 Å². The SMILES string of the molecule is CC1CCCN1CCc1ccc(-c2ccc(S(=O)(=O)N3CC3)cc2)cc1. The van der Waals surface area contributed by atoms with E-state index in [1.165, 1.54) is 29.3 Å². The maximum Gasteiger partial charge on any atom is 0.243 e. The van der Waals surface area contributed by atoms with Crippen LogP contribution in [-0.2, 0) is 16.4 Å². The van der Waals surface area contributed by atoms with Crippen LogP contribution >= 0.6 is 0 Å². The molecule has 1 atom stereocenters. The largest absolute Gasteiger partial charge is 0.300 e. The molecule has 2 aromatic rings. The van der Waals surface area contributed by atoms with Gasteiger partial charge in [0, 0.05) is 25.7 Å². The van der Waals surface area contributed by atoms with Crippen LogP contribution in [0.25, 0.3) is 11.1 Å². The van der Waals surface area contributed by atoms with E-state index in [9.17, 15) is 8.42 Å². The Morgan fingerprint density at radius 1 is 0.923 bits per heavy atom. The van der Waals surface area contributed by atoms with Gasteiger partial charge in [0.05, 0.1) is 4.90 Å². The molecule has 0 spiro atoms. The molecule has 138 valence electrons. The smallest absolute Gasteiger partial charge is 0.243 e. The Kier molecular flexibility index (Phi) is 4.86. The van der Waals surface area contributed by atoms with Crippen LogP contribution in [0.3, 0.4) is 0 Å². The summed E-state index contributed by atoms with van der Waals surface area (Å²) in [5.74, 6) is 0. The number of rotatable bonds is 6. The molecule has 0 amide bonds. The van der Waals surface area contributed by atoms with Gasteiger partial charge >= 0.3 is 0 Å². The minimum atomic E-state index is -3.26. The molecule has 2 aliphatic rings. The predicted octanol–water partition coefficient (Wildman–Crippen LogP) is 3.38. The zero-order valence-corrected chi connectivity index (χ0v) is 16.1. The fourth-order valence-electron chi connectivity index (χ4n) is 3.71. The molecule has 4 nitrogen and oxygen atoms in total. The van der Waals surface area contributed by atoms with Crippen molar-refractivity contribution >= 4 is 10.0 Å². The molecular formula is C21H26N2O2S. The molecule has 5 heteroatoms. The Morgan fingerprint density at radius 2 is 1.54 bits per heavy atom. The number of sulfonamides is 1. The normalized spacial score (nSPS) is 21.2. The average Bonchev–Trinajstić information content (AvgIpc) is 3.44. The highest BCUT2D eigenvalue weighted by atomic mass is 32.2. The molecule has 2 fully saturated rings. The Morgan fingerprint density at radius 3 is 2.08 bits per heavy atom. The molecule has 2 heterocycles. The number of hydrogen-bond acceptors (Lipinski definition) is 3. The molecule has 2 aromatic carbocycles. The molecule has 0 N–H and O–H groups in total. The third-order valence-electron chi connectivity index (χ3n) is 5.56. The highest BCUT2D eigenvalue weighted by Crippen LogP contribution is 2.26. The van der Waals surface area contributed by atoms with Gasteiger partial charge in [-0.3, -0.25) is 0 Å². The van der Waals surface area contributed by atoms with Crippen molar-refractivity contribution in [1.29, 1.82) is 0 Å². The van der Waals surface area contributed by atoms with Gasteiger partial charge in [-0.2, -0.15) is 4.31 Å². The van der Waals surface area contributed by atoms with Crippen LogP contribution in [0.4, 0.5) is 0 Å². The second-order valence-corrected chi connectivity index (χ2v) is 9.34. The van der Waals surface area contributed by atoms with Crippen LogP contribution in [-0.4, -0.2) is 49.8 Å². The number of benzene rings is 2. The molecule has 2 saturated heterocycles. The van der Waals surface area contributed by atoms with E-state index in [4.69, 9.17) is 0 Å². The molecule has 26 heavy (non-hydrogen) atoms. The number of likely N-dealkylation sites (tertiary alicyclic amines) is 1. The molecule has 0 radical (unpaired) electrons. The van der Waals surface area contributed by atoms with Crippen LogP contribution in [0.15, 0.2) is 53.4 Å². The maximum atomic E-state index is 12.2. The Balaban J connectivity index is 1.41. The van der Waals surface area contributed by atoms with Gasteiger partial charge in [-0.05, 0) is 61.6 Å². The molecule has 2 aliphatic heterocycles. The standard InChI is InChI=1S/C21H26N2O2S/c1-17-3-2-13-22(17)14-12-18-4-6-19(7-5-18)20-8-10-21(11-9-20)26(24,25)23-15-16-23/h4-11,17H,2-3,12-16H2,1H3. The van der Waals surface area contributed by atoms with Gasteiger partial charge < -0.3 is 4.90 Å². The number of hydrogen-bond donors (Lipinski definition) is 0. The van der Waals surface area contributed by atoms with Crippen LogP contribution < -0.4 is 0 Å². The summed E-state index contributed by atoms with van der Waals surface area (Å²) in [5.41, 5.74) is 3.53. The monoisotopic (exact) mass is 370 g/mol. The topological polar surface area (TPSA) is 40.4 Å². The Labute approximate surface area is 156 Å². The highest BCUT2D eigenvalue weighted by Gasteiger charge is 2.33. The fraction of sp³-hybridized carbons (Fsp3) is 0.429. The van der Waals surface area contributed by atoms with Gasteiger partial charge in [-0.25, -0.2) is 8.42 Å². The number of nitrogens with zero attached hydrogens (tertiary/aromatic N) is 2. The maximum absolute atomic E-state index is 12.2. The van der Waals surface area contributed by atoms with Crippen molar-refractivity contribution in [2.75, 3.05) is 26.2 Å². The van der Waals surface area contributed by atoms with Gasteiger partial charge in [-0.15, -0.1) is 0 Å². The summed E-state index contributed by atoms with van der Waals surface area (Å²) in [6.07, 6.45) is 3.73. The second-order valence-electron chi connectivity index (χ2n) is 7.40. The average molecular weight is 371 g/mol. The van der Waals surface area contributed by atoms with E-state index in [1.54, 1.807) is 12.1 Å². The van der Waals surface area contributed by atoms with E-state index in [0.717, 1.165) is 30.1 Å². The summed E-state index contributed by atoms with van der Waals surface area (Å²) < 4.78 is 25.9. The first kappa shape index (κ1) is 17.7. The molecule has 0 aliphatic carbocycles. The molecule has 1 unspecified atom stereocenters. The van der Waals surface area contributed by atoms with Gasteiger partial charge in [-0.1, -0.05) is 36.4 Å². The minimum absolute atomic E-state index is 0.384. The van der Waals surface area contributed by atoms with Crippen LogP contribution in [0, 0.1) is 0 Å². The first-order valence-corrected chi connectivity index (χ1v) is 10.9. The first-order chi connectivity index (χ1) is 12.5. The van der Waals surface area contributed by atoms with E-state index in [1.807, 2.05) is 12.1 Å². The summed E-state index contributed by atoms with van der Waals surface area (Å²) in [7, 11) is -3.26. The first-order valence-electron chi connectivity index (χ1n) is 9.48.